The molecule has 2 aliphatic rings. The molecule has 4 rings (SSSR count). The molecule has 4 heterocycles. The van der Waals surface area contributed by atoms with E-state index in [1.807, 2.05) is 21.7 Å². The number of carbonyl (C=O) groups is 1. The third kappa shape index (κ3) is 3.36. The lowest BCUT2D eigenvalue weighted by atomic mass is 10.0. The van der Waals surface area contributed by atoms with Crippen molar-refractivity contribution in [1.82, 2.24) is 24.6 Å². The highest BCUT2D eigenvalue weighted by Crippen LogP contribution is 2.26. The summed E-state index contributed by atoms with van der Waals surface area (Å²) in [6, 6.07) is 3.98. The van der Waals surface area contributed by atoms with Crippen molar-refractivity contribution in [2.75, 3.05) is 31.1 Å². The van der Waals surface area contributed by atoms with Crippen molar-refractivity contribution in [2.45, 2.75) is 38.1 Å². The number of piperidine rings is 2. The molecule has 7 heteroatoms. The summed E-state index contributed by atoms with van der Waals surface area (Å²) in [7, 11) is 0. The molecule has 0 unspecified atom stereocenters. The number of nitrogens with zero attached hydrogens (tertiary/aromatic N) is 6. The minimum absolute atomic E-state index is 0.0819. The van der Waals surface area contributed by atoms with E-state index in [0.717, 1.165) is 43.9 Å². The average molecular weight is 340 g/mol. The van der Waals surface area contributed by atoms with Gasteiger partial charge in [0, 0.05) is 32.4 Å². The smallest absolute Gasteiger partial charge is 0.257 e. The third-order valence-corrected chi connectivity index (χ3v) is 5.17. The monoisotopic (exact) mass is 340 g/mol. The molecule has 0 N–H and O–H groups in total. The van der Waals surface area contributed by atoms with Crippen LogP contribution in [0.5, 0.6) is 0 Å². The first-order chi connectivity index (χ1) is 12.3. The molecular weight excluding hydrogens is 316 g/mol. The van der Waals surface area contributed by atoms with E-state index in [9.17, 15) is 4.79 Å². The van der Waals surface area contributed by atoms with Gasteiger partial charge >= 0.3 is 0 Å². The van der Waals surface area contributed by atoms with E-state index in [4.69, 9.17) is 0 Å². The van der Waals surface area contributed by atoms with Gasteiger partial charge in [0.25, 0.3) is 5.91 Å². The van der Waals surface area contributed by atoms with Crippen molar-refractivity contribution in [1.29, 1.82) is 0 Å². The second kappa shape index (κ2) is 7.21. The van der Waals surface area contributed by atoms with Gasteiger partial charge in [0.15, 0.2) is 0 Å². The van der Waals surface area contributed by atoms with Crippen LogP contribution >= 0.6 is 0 Å². The van der Waals surface area contributed by atoms with Crippen LogP contribution in [-0.4, -0.2) is 56.7 Å². The highest BCUT2D eigenvalue weighted by molar-refractivity contribution is 5.99. The summed E-state index contributed by atoms with van der Waals surface area (Å²) in [6.45, 7) is 3.44. The highest BCUT2D eigenvalue weighted by Gasteiger charge is 2.28. The summed E-state index contributed by atoms with van der Waals surface area (Å²) in [5.74, 6) is 0.925. The fourth-order valence-corrected chi connectivity index (χ4v) is 3.85. The number of amides is 1. The molecule has 2 aromatic rings. The molecule has 0 aromatic carbocycles. The maximum Gasteiger partial charge on any atom is 0.257 e. The Bertz CT molecular complexity index is 710. The Hall–Kier alpha value is -2.44. The third-order valence-electron chi connectivity index (χ3n) is 5.17. The van der Waals surface area contributed by atoms with Gasteiger partial charge in [-0.25, -0.2) is 14.6 Å². The Morgan fingerprint density at radius 2 is 2.00 bits per heavy atom. The largest absolute Gasteiger partial charge is 0.356 e. The molecule has 2 aliphatic heterocycles. The van der Waals surface area contributed by atoms with Gasteiger partial charge in [-0.3, -0.25) is 4.79 Å². The summed E-state index contributed by atoms with van der Waals surface area (Å²) in [6.07, 6.45) is 10.7. The average Bonchev–Trinajstić information content (AvgIpc) is 3.23. The molecule has 0 aliphatic carbocycles. The van der Waals surface area contributed by atoms with E-state index in [2.05, 4.69) is 20.0 Å². The minimum atomic E-state index is 0.0819. The SMILES string of the molecule is O=C(c1cccnc1N1CCCCC1)N1CCC[C@H](n2cncn2)C1. The molecule has 0 bridgehead atoms. The first-order valence-electron chi connectivity index (χ1n) is 9.16. The molecular formula is C18H24N6O. The number of rotatable bonds is 3. The maximum absolute atomic E-state index is 13.2. The van der Waals surface area contributed by atoms with Crippen LogP contribution in [0.15, 0.2) is 31.0 Å². The number of anilines is 1. The topological polar surface area (TPSA) is 67.2 Å². The van der Waals surface area contributed by atoms with Gasteiger partial charge in [-0.2, -0.15) is 5.10 Å². The second-order valence-electron chi connectivity index (χ2n) is 6.84. The molecule has 1 amide bonds. The number of hydrogen-bond acceptors (Lipinski definition) is 5. The number of likely N-dealkylation sites (tertiary alicyclic amines) is 1. The molecule has 0 radical (unpaired) electrons. The van der Waals surface area contributed by atoms with Gasteiger partial charge in [-0.1, -0.05) is 0 Å². The lowest BCUT2D eigenvalue weighted by molar-refractivity contribution is 0.0673. The zero-order valence-electron chi connectivity index (χ0n) is 14.4. The van der Waals surface area contributed by atoms with Crippen molar-refractivity contribution >= 4 is 11.7 Å². The van der Waals surface area contributed by atoms with Crippen LogP contribution in [0.3, 0.4) is 0 Å². The second-order valence-corrected chi connectivity index (χ2v) is 6.84. The van der Waals surface area contributed by atoms with Crippen molar-refractivity contribution < 1.29 is 4.79 Å². The van der Waals surface area contributed by atoms with E-state index < -0.39 is 0 Å². The Morgan fingerprint density at radius 1 is 1.12 bits per heavy atom. The standard InChI is InChI=1S/C18H24N6O/c25-18(23-11-5-6-15(12-23)24-14-19-13-21-24)16-7-4-8-20-17(16)22-9-2-1-3-10-22/h4,7-8,13-15H,1-3,5-6,9-12H2/t15-/m0/s1. The van der Waals surface area contributed by atoms with Gasteiger partial charge in [0.05, 0.1) is 11.6 Å². The number of aromatic nitrogens is 4. The molecule has 0 spiro atoms. The summed E-state index contributed by atoms with van der Waals surface area (Å²) < 4.78 is 1.87. The van der Waals surface area contributed by atoms with E-state index in [-0.39, 0.29) is 11.9 Å². The molecule has 0 saturated carbocycles. The molecule has 1 atom stereocenters. The van der Waals surface area contributed by atoms with E-state index >= 15 is 0 Å². The predicted molar refractivity (Wildman–Crippen MR) is 94.5 cm³/mol. The molecule has 2 aromatic heterocycles. The van der Waals surface area contributed by atoms with Gasteiger partial charge in [0.2, 0.25) is 0 Å². The van der Waals surface area contributed by atoms with Crippen LogP contribution in [0.25, 0.3) is 0 Å². The fraction of sp³-hybridized carbons (Fsp3) is 0.556. The van der Waals surface area contributed by atoms with Crippen LogP contribution in [-0.2, 0) is 0 Å². The maximum atomic E-state index is 13.2. The lowest BCUT2D eigenvalue weighted by Crippen LogP contribution is -2.42. The Labute approximate surface area is 147 Å². The summed E-state index contributed by atoms with van der Waals surface area (Å²) in [5, 5.41) is 4.24. The normalized spacial score (nSPS) is 21.4. The molecule has 132 valence electrons. The Balaban J connectivity index is 1.54. The fourth-order valence-electron chi connectivity index (χ4n) is 3.85. The van der Waals surface area contributed by atoms with Gasteiger partial charge in [-0.15, -0.1) is 0 Å². The Morgan fingerprint density at radius 3 is 2.80 bits per heavy atom. The first-order valence-corrected chi connectivity index (χ1v) is 9.16. The van der Waals surface area contributed by atoms with Crippen molar-refractivity contribution in [3.63, 3.8) is 0 Å². The summed E-state index contributed by atoms with van der Waals surface area (Å²) >= 11 is 0. The van der Waals surface area contributed by atoms with Crippen LogP contribution in [0.4, 0.5) is 5.82 Å². The van der Waals surface area contributed by atoms with Crippen LogP contribution in [0.1, 0.15) is 48.5 Å². The van der Waals surface area contributed by atoms with E-state index in [1.165, 1.54) is 19.3 Å². The number of pyridine rings is 1. The zero-order chi connectivity index (χ0) is 17.1. The Kier molecular flexibility index (Phi) is 4.63. The zero-order valence-corrected chi connectivity index (χ0v) is 14.4. The molecule has 2 saturated heterocycles. The molecule has 25 heavy (non-hydrogen) atoms. The van der Waals surface area contributed by atoms with Crippen LogP contribution < -0.4 is 4.90 Å². The minimum Gasteiger partial charge on any atom is -0.356 e. The van der Waals surface area contributed by atoms with E-state index in [0.29, 0.717) is 6.54 Å². The van der Waals surface area contributed by atoms with Gasteiger partial charge in [0.1, 0.15) is 18.5 Å². The van der Waals surface area contributed by atoms with Crippen LogP contribution in [0, 0.1) is 0 Å². The number of hydrogen-bond donors (Lipinski definition) is 0. The van der Waals surface area contributed by atoms with Crippen molar-refractivity contribution in [2.24, 2.45) is 0 Å². The van der Waals surface area contributed by atoms with Crippen molar-refractivity contribution in [3.05, 3.63) is 36.5 Å². The lowest BCUT2D eigenvalue weighted by Gasteiger charge is -2.34. The summed E-state index contributed by atoms with van der Waals surface area (Å²) in [4.78, 5) is 26.0. The van der Waals surface area contributed by atoms with E-state index in [1.54, 1.807) is 18.9 Å². The van der Waals surface area contributed by atoms with Crippen LogP contribution in [0.2, 0.25) is 0 Å². The molecule has 2 fully saturated rings. The number of carbonyl (C=O) groups excluding carboxylic acids is 1. The van der Waals surface area contributed by atoms with Gasteiger partial charge < -0.3 is 9.80 Å². The summed E-state index contributed by atoms with van der Waals surface area (Å²) in [5.41, 5.74) is 0.726. The molecule has 7 nitrogen and oxygen atoms in total. The van der Waals surface area contributed by atoms with Gasteiger partial charge in [-0.05, 0) is 44.2 Å². The predicted octanol–water partition coefficient (Wildman–Crippen LogP) is 2.14. The first kappa shape index (κ1) is 16.1. The quantitative estimate of drug-likeness (QED) is 0.856. The highest BCUT2D eigenvalue weighted by atomic mass is 16.2. The van der Waals surface area contributed by atoms with Crippen molar-refractivity contribution in [3.8, 4) is 0 Å².